The molecule has 0 aromatic heterocycles. The standard InChI is InChI=1S/C14H21BrN2O3S/c1-6-14(2,3)16-13(18)10-7-8-11(15)12(9-10)21(19,20)17(4)5/h7-9H,6H2,1-5H3,(H,16,18). The van der Waals surface area contributed by atoms with Crippen LogP contribution < -0.4 is 5.32 Å². The van der Waals surface area contributed by atoms with Gasteiger partial charge >= 0.3 is 0 Å². The van der Waals surface area contributed by atoms with E-state index in [0.717, 1.165) is 10.7 Å². The minimum Gasteiger partial charge on any atom is -0.347 e. The first-order valence-corrected chi connectivity index (χ1v) is 8.79. The molecule has 1 amide bonds. The van der Waals surface area contributed by atoms with Gasteiger partial charge in [0.1, 0.15) is 0 Å². The van der Waals surface area contributed by atoms with Crippen molar-refractivity contribution >= 4 is 31.9 Å². The highest BCUT2D eigenvalue weighted by Gasteiger charge is 2.24. The molecule has 0 heterocycles. The molecule has 0 fully saturated rings. The van der Waals surface area contributed by atoms with E-state index < -0.39 is 10.0 Å². The molecule has 0 saturated heterocycles. The van der Waals surface area contributed by atoms with Crippen molar-refractivity contribution in [2.45, 2.75) is 37.6 Å². The van der Waals surface area contributed by atoms with Gasteiger partial charge in [-0.3, -0.25) is 4.79 Å². The third-order valence-electron chi connectivity index (χ3n) is 3.29. The Labute approximate surface area is 134 Å². The van der Waals surface area contributed by atoms with Crippen molar-refractivity contribution in [3.05, 3.63) is 28.2 Å². The summed E-state index contributed by atoms with van der Waals surface area (Å²) >= 11 is 3.22. The summed E-state index contributed by atoms with van der Waals surface area (Å²) in [6.07, 6.45) is 0.776. The molecule has 7 heteroatoms. The van der Waals surface area contributed by atoms with E-state index in [1.54, 1.807) is 12.1 Å². The molecule has 0 bridgehead atoms. The Hall–Kier alpha value is -0.920. The molecule has 0 aliphatic carbocycles. The highest BCUT2D eigenvalue weighted by atomic mass is 79.9. The molecule has 0 saturated carbocycles. The summed E-state index contributed by atoms with van der Waals surface area (Å²) in [5.41, 5.74) is -0.0229. The zero-order valence-corrected chi connectivity index (χ0v) is 15.3. The van der Waals surface area contributed by atoms with E-state index in [1.165, 1.54) is 20.2 Å². The van der Waals surface area contributed by atoms with E-state index in [9.17, 15) is 13.2 Å². The van der Waals surface area contributed by atoms with E-state index in [2.05, 4.69) is 21.2 Å². The van der Waals surface area contributed by atoms with Gasteiger partial charge in [-0.1, -0.05) is 6.92 Å². The maximum Gasteiger partial charge on any atom is 0.251 e. The molecular weight excluding hydrogens is 356 g/mol. The number of halogens is 1. The lowest BCUT2D eigenvalue weighted by atomic mass is 10.0. The second-order valence-corrected chi connectivity index (χ2v) is 8.60. The zero-order valence-electron chi connectivity index (χ0n) is 12.9. The van der Waals surface area contributed by atoms with Crippen molar-refractivity contribution in [2.75, 3.05) is 14.1 Å². The van der Waals surface area contributed by atoms with Crippen LogP contribution in [0.5, 0.6) is 0 Å². The topological polar surface area (TPSA) is 66.5 Å². The molecule has 0 aliphatic rings. The first-order chi connectivity index (χ1) is 9.51. The molecule has 1 rings (SSSR count). The van der Waals surface area contributed by atoms with Crippen LogP contribution in [0.15, 0.2) is 27.6 Å². The van der Waals surface area contributed by atoms with Crippen LogP contribution in [0, 0.1) is 0 Å². The molecule has 0 spiro atoms. The van der Waals surface area contributed by atoms with Crippen LogP contribution in [-0.2, 0) is 10.0 Å². The number of hydrogen-bond acceptors (Lipinski definition) is 3. The first-order valence-electron chi connectivity index (χ1n) is 6.56. The van der Waals surface area contributed by atoms with Crippen LogP contribution >= 0.6 is 15.9 Å². The number of amides is 1. The van der Waals surface area contributed by atoms with Gasteiger partial charge in [0, 0.05) is 29.7 Å². The lowest BCUT2D eigenvalue weighted by molar-refractivity contribution is 0.0911. The maximum absolute atomic E-state index is 12.2. The fourth-order valence-electron chi connectivity index (χ4n) is 1.51. The number of hydrogen-bond donors (Lipinski definition) is 1. The van der Waals surface area contributed by atoms with Crippen LogP contribution in [0.2, 0.25) is 0 Å². The average molecular weight is 377 g/mol. The second kappa shape index (κ2) is 6.46. The average Bonchev–Trinajstić information content (AvgIpc) is 2.38. The van der Waals surface area contributed by atoms with E-state index in [-0.39, 0.29) is 16.3 Å². The fraction of sp³-hybridized carbons (Fsp3) is 0.500. The van der Waals surface area contributed by atoms with Gasteiger partial charge in [-0.15, -0.1) is 0 Å². The van der Waals surface area contributed by atoms with Crippen molar-refractivity contribution in [1.82, 2.24) is 9.62 Å². The summed E-state index contributed by atoms with van der Waals surface area (Å²) in [5, 5.41) is 2.89. The van der Waals surface area contributed by atoms with Gasteiger partial charge in [0.15, 0.2) is 0 Å². The van der Waals surface area contributed by atoms with Gasteiger partial charge in [0.2, 0.25) is 10.0 Å². The van der Waals surface area contributed by atoms with E-state index in [0.29, 0.717) is 10.0 Å². The highest BCUT2D eigenvalue weighted by Crippen LogP contribution is 2.25. The van der Waals surface area contributed by atoms with Gasteiger partial charge in [-0.05, 0) is 54.4 Å². The summed E-state index contributed by atoms with van der Waals surface area (Å²) in [5.74, 6) is -0.287. The van der Waals surface area contributed by atoms with Gasteiger partial charge in [-0.2, -0.15) is 0 Å². The molecule has 0 unspecified atom stereocenters. The molecule has 5 nitrogen and oxygen atoms in total. The summed E-state index contributed by atoms with van der Waals surface area (Å²) in [7, 11) is -0.700. The normalized spacial score (nSPS) is 12.5. The largest absolute Gasteiger partial charge is 0.347 e. The van der Waals surface area contributed by atoms with Crippen molar-refractivity contribution in [2.24, 2.45) is 0 Å². The lowest BCUT2D eigenvalue weighted by Gasteiger charge is -2.24. The molecule has 21 heavy (non-hydrogen) atoms. The van der Waals surface area contributed by atoms with Gasteiger partial charge < -0.3 is 5.32 Å². The molecule has 118 valence electrons. The Kier molecular flexibility index (Phi) is 5.57. The molecule has 1 aromatic rings. The van der Waals surface area contributed by atoms with Crippen LogP contribution in [0.25, 0.3) is 0 Å². The number of sulfonamides is 1. The number of carbonyl (C=O) groups excluding carboxylic acids is 1. The van der Waals surface area contributed by atoms with Gasteiger partial charge in [0.05, 0.1) is 4.90 Å². The predicted molar refractivity (Wildman–Crippen MR) is 86.9 cm³/mol. The summed E-state index contributed by atoms with van der Waals surface area (Å²) in [6, 6.07) is 4.56. The van der Waals surface area contributed by atoms with E-state index in [1.807, 2.05) is 20.8 Å². The fourth-order valence-corrected chi connectivity index (χ4v) is 3.35. The van der Waals surface area contributed by atoms with E-state index in [4.69, 9.17) is 0 Å². The zero-order chi connectivity index (χ0) is 16.4. The van der Waals surface area contributed by atoms with Crippen LogP contribution in [-0.4, -0.2) is 38.3 Å². The molecular formula is C14H21BrN2O3S. The Balaban J connectivity index is 3.23. The quantitative estimate of drug-likeness (QED) is 0.858. The highest BCUT2D eigenvalue weighted by molar-refractivity contribution is 9.10. The van der Waals surface area contributed by atoms with Crippen LogP contribution in [0.1, 0.15) is 37.6 Å². The maximum atomic E-state index is 12.2. The number of rotatable bonds is 5. The van der Waals surface area contributed by atoms with Crippen LogP contribution in [0.4, 0.5) is 0 Å². The van der Waals surface area contributed by atoms with Crippen molar-refractivity contribution in [1.29, 1.82) is 0 Å². The summed E-state index contributed by atoms with van der Waals surface area (Å²) in [4.78, 5) is 12.3. The smallest absolute Gasteiger partial charge is 0.251 e. The lowest BCUT2D eigenvalue weighted by Crippen LogP contribution is -2.42. The van der Waals surface area contributed by atoms with Crippen molar-refractivity contribution < 1.29 is 13.2 Å². The molecule has 1 aromatic carbocycles. The third kappa shape index (κ3) is 4.28. The molecule has 0 radical (unpaired) electrons. The van der Waals surface area contributed by atoms with Crippen LogP contribution in [0.3, 0.4) is 0 Å². The minimum absolute atomic E-state index is 0.0782. The summed E-state index contributed by atoms with van der Waals surface area (Å²) < 4.78 is 26.0. The number of carbonyl (C=O) groups is 1. The second-order valence-electron chi connectivity index (χ2n) is 5.62. The van der Waals surface area contributed by atoms with Crippen molar-refractivity contribution in [3.63, 3.8) is 0 Å². The van der Waals surface area contributed by atoms with E-state index >= 15 is 0 Å². The predicted octanol–water partition coefficient (Wildman–Crippen LogP) is 2.62. The Morgan fingerprint density at radius 1 is 1.33 bits per heavy atom. The molecule has 0 aliphatic heterocycles. The van der Waals surface area contributed by atoms with Gasteiger partial charge in [0.25, 0.3) is 5.91 Å². The third-order valence-corrected chi connectivity index (χ3v) is 6.10. The van der Waals surface area contributed by atoms with Crippen molar-refractivity contribution in [3.8, 4) is 0 Å². The van der Waals surface area contributed by atoms with Gasteiger partial charge in [-0.25, -0.2) is 12.7 Å². The number of nitrogens with one attached hydrogen (secondary N) is 1. The monoisotopic (exact) mass is 376 g/mol. The summed E-state index contributed by atoms with van der Waals surface area (Å²) in [6.45, 7) is 5.81. The minimum atomic E-state index is -3.61. The Morgan fingerprint density at radius 2 is 1.90 bits per heavy atom. The Morgan fingerprint density at radius 3 is 2.38 bits per heavy atom. The first kappa shape index (κ1) is 18.1. The number of benzene rings is 1. The molecule has 0 atom stereocenters. The SMILES string of the molecule is CCC(C)(C)NC(=O)c1ccc(Br)c(S(=O)(=O)N(C)C)c1. The Bertz CT molecular complexity index is 640. The molecule has 1 N–H and O–H groups in total. The number of nitrogens with zero attached hydrogens (tertiary/aromatic N) is 1.